The summed E-state index contributed by atoms with van der Waals surface area (Å²) in [6.07, 6.45) is -6.07. The van der Waals surface area contributed by atoms with Crippen molar-refractivity contribution in [3.05, 3.63) is 35.9 Å². The molecule has 8 heteroatoms. The molecule has 0 spiro atoms. The summed E-state index contributed by atoms with van der Waals surface area (Å²) in [7, 11) is -1.34. The average molecular weight is 385 g/mol. The van der Waals surface area contributed by atoms with Gasteiger partial charge >= 0.3 is 5.97 Å². The van der Waals surface area contributed by atoms with E-state index in [1.807, 2.05) is 0 Å². The van der Waals surface area contributed by atoms with Crippen LogP contribution in [0.3, 0.4) is 0 Å². The van der Waals surface area contributed by atoms with Crippen LogP contribution < -0.4 is 0 Å². The average Bonchev–Trinajstić information content (AvgIpc) is 2.60. The lowest BCUT2D eigenvalue weighted by molar-refractivity contribution is -0.299. The Morgan fingerprint density at radius 3 is 2.38 bits per heavy atom. The molecule has 2 rings (SSSR count). The summed E-state index contributed by atoms with van der Waals surface area (Å²) in [5, 5.41) is 30.2. The molecular weight excluding hydrogens is 356 g/mol. The monoisotopic (exact) mass is 384 g/mol. The fraction of sp³-hybridized carbons (Fsp3) is 0.611. The van der Waals surface area contributed by atoms with Gasteiger partial charge in [0, 0.05) is 14.7 Å². The zero-order chi connectivity index (χ0) is 19.3. The molecule has 1 heterocycles. The van der Waals surface area contributed by atoms with Crippen LogP contribution in [0.1, 0.15) is 10.4 Å². The molecule has 26 heavy (non-hydrogen) atoms. The second-order valence-electron chi connectivity index (χ2n) is 7.62. The molecule has 3 N–H and O–H groups in total. The van der Waals surface area contributed by atoms with E-state index in [-0.39, 0.29) is 0 Å². The van der Waals surface area contributed by atoms with Crippen LogP contribution in [-0.4, -0.2) is 73.3 Å². The molecule has 1 saturated heterocycles. The molecule has 1 fully saturated rings. The highest BCUT2D eigenvalue weighted by molar-refractivity contribution is 6.76. The molecule has 0 unspecified atom stereocenters. The summed E-state index contributed by atoms with van der Waals surface area (Å²) in [6.45, 7) is 6.48. The van der Waals surface area contributed by atoms with E-state index in [0.29, 0.717) is 12.2 Å². The smallest absolute Gasteiger partial charge is 0.338 e. The molecule has 0 saturated carbocycles. The third kappa shape index (κ3) is 5.60. The molecule has 5 atom stereocenters. The second-order valence-corrected chi connectivity index (χ2v) is 13.2. The van der Waals surface area contributed by atoms with Crippen molar-refractivity contribution in [3.8, 4) is 0 Å². The summed E-state index contributed by atoms with van der Waals surface area (Å²) >= 11 is 0. The fourth-order valence-corrected chi connectivity index (χ4v) is 3.31. The third-order valence-corrected chi connectivity index (χ3v) is 5.91. The van der Waals surface area contributed by atoms with E-state index in [1.54, 1.807) is 30.3 Å². The van der Waals surface area contributed by atoms with Crippen LogP contribution in [0.15, 0.2) is 30.3 Å². The summed E-state index contributed by atoms with van der Waals surface area (Å²) in [6, 6.07) is 9.15. The van der Waals surface area contributed by atoms with Gasteiger partial charge in [-0.05, 0) is 18.2 Å². The van der Waals surface area contributed by atoms with E-state index in [9.17, 15) is 20.1 Å². The number of carbonyl (C=O) groups is 1. The van der Waals surface area contributed by atoms with Gasteiger partial charge in [0.05, 0.1) is 12.2 Å². The maximum absolute atomic E-state index is 12.3. The molecule has 146 valence electrons. The quantitative estimate of drug-likeness (QED) is 0.476. The summed E-state index contributed by atoms with van der Waals surface area (Å²) in [4.78, 5) is 12.3. The van der Waals surface area contributed by atoms with Crippen molar-refractivity contribution in [3.63, 3.8) is 0 Å². The van der Waals surface area contributed by atoms with Crippen molar-refractivity contribution in [1.82, 2.24) is 0 Å². The zero-order valence-electron chi connectivity index (χ0n) is 15.4. The van der Waals surface area contributed by atoms with Crippen molar-refractivity contribution in [1.29, 1.82) is 0 Å². The van der Waals surface area contributed by atoms with E-state index in [0.717, 1.165) is 6.04 Å². The largest absolute Gasteiger partial charge is 0.453 e. The number of carbonyl (C=O) groups excluding carboxylic acids is 1. The minimum Gasteiger partial charge on any atom is -0.453 e. The highest BCUT2D eigenvalue weighted by atomic mass is 28.3. The molecule has 1 aromatic rings. The van der Waals surface area contributed by atoms with Gasteiger partial charge in [-0.25, -0.2) is 4.79 Å². The van der Waals surface area contributed by atoms with Crippen LogP contribution in [0.4, 0.5) is 0 Å². The van der Waals surface area contributed by atoms with Crippen molar-refractivity contribution < 1.29 is 34.3 Å². The number of ether oxygens (including phenoxy) is 3. The lowest BCUT2D eigenvalue weighted by atomic mass is 9.99. The lowest BCUT2D eigenvalue weighted by Gasteiger charge is -2.41. The topological polar surface area (TPSA) is 105 Å². The van der Waals surface area contributed by atoms with Crippen molar-refractivity contribution >= 4 is 14.0 Å². The molecule has 0 radical (unpaired) electrons. The Balaban J connectivity index is 2.06. The highest BCUT2D eigenvalue weighted by Gasteiger charge is 2.47. The first-order chi connectivity index (χ1) is 12.2. The molecule has 0 aliphatic carbocycles. The third-order valence-electron chi connectivity index (χ3n) is 4.21. The second kappa shape index (κ2) is 9.07. The number of rotatable bonds is 7. The van der Waals surface area contributed by atoms with Gasteiger partial charge in [0.2, 0.25) is 0 Å². The van der Waals surface area contributed by atoms with E-state index in [2.05, 4.69) is 19.6 Å². The zero-order valence-corrected chi connectivity index (χ0v) is 16.4. The number of hydrogen-bond acceptors (Lipinski definition) is 7. The van der Waals surface area contributed by atoms with Gasteiger partial charge in [0.25, 0.3) is 0 Å². The van der Waals surface area contributed by atoms with Gasteiger partial charge in [-0.3, -0.25) is 0 Å². The molecular formula is C18H28O7Si. The Kier molecular flexibility index (Phi) is 7.33. The van der Waals surface area contributed by atoms with Crippen LogP contribution in [0.25, 0.3) is 0 Å². The van der Waals surface area contributed by atoms with E-state index in [4.69, 9.17) is 14.2 Å². The highest BCUT2D eigenvalue weighted by Crippen LogP contribution is 2.26. The number of benzene rings is 1. The molecule has 1 aliphatic rings. The Labute approximate surface area is 154 Å². The maximum atomic E-state index is 12.3. The van der Waals surface area contributed by atoms with Gasteiger partial charge in [-0.1, -0.05) is 37.8 Å². The molecule has 0 amide bonds. The summed E-state index contributed by atoms with van der Waals surface area (Å²) in [5.74, 6) is -0.673. The lowest BCUT2D eigenvalue weighted by Crippen LogP contribution is -2.60. The Bertz CT molecular complexity index is 575. The Morgan fingerprint density at radius 2 is 1.81 bits per heavy atom. The van der Waals surface area contributed by atoms with Crippen LogP contribution in [0.5, 0.6) is 0 Å². The Morgan fingerprint density at radius 1 is 1.15 bits per heavy atom. The number of aliphatic hydroxyl groups is 3. The maximum Gasteiger partial charge on any atom is 0.338 e. The van der Waals surface area contributed by atoms with Crippen molar-refractivity contribution in [2.45, 2.75) is 56.4 Å². The normalized spacial score (nSPS) is 29.4. The standard InChI is InChI=1S/C18H28O7Si/c1-26(2,3)10-9-23-18-15(21)16(14(20)13(11-19)24-18)25-17(22)12-7-5-4-6-8-12/h4-8,13-16,18-21H,9-11H2,1-3H3/t13-,14+,15-,16+,18-/m1/s1. The number of aliphatic hydroxyl groups excluding tert-OH is 3. The van der Waals surface area contributed by atoms with Crippen LogP contribution >= 0.6 is 0 Å². The first-order valence-electron chi connectivity index (χ1n) is 8.73. The molecule has 0 bridgehead atoms. The Hall–Kier alpha value is -1.29. The van der Waals surface area contributed by atoms with Crippen LogP contribution in [0.2, 0.25) is 25.7 Å². The SMILES string of the molecule is C[Si](C)(C)CCO[C@@H]1O[C@H](CO)[C@H](O)[C@H](OC(=O)c2ccccc2)[C@H]1O. The molecule has 1 aromatic carbocycles. The van der Waals surface area contributed by atoms with E-state index in [1.165, 1.54) is 0 Å². The van der Waals surface area contributed by atoms with Gasteiger partial charge in [0.15, 0.2) is 12.4 Å². The number of hydrogen-bond donors (Lipinski definition) is 3. The minimum atomic E-state index is -1.36. The summed E-state index contributed by atoms with van der Waals surface area (Å²) in [5.41, 5.74) is 0.301. The van der Waals surface area contributed by atoms with Crippen molar-refractivity contribution in [2.75, 3.05) is 13.2 Å². The predicted octanol–water partition coefficient (Wildman–Crippen LogP) is 1.01. The molecule has 7 nitrogen and oxygen atoms in total. The van der Waals surface area contributed by atoms with Crippen LogP contribution in [-0.2, 0) is 14.2 Å². The predicted molar refractivity (Wildman–Crippen MR) is 97.5 cm³/mol. The van der Waals surface area contributed by atoms with Gasteiger partial charge in [-0.2, -0.15) is 0 Å². The fourth-order valence-electron chi connectivity index (χ4n) is 2.58. The molecule has 1 aliphatic heterocycles. The van der Waals surface area contributed by atoms with Crippen LogP contribution in [0, 0.1) is 0 Å². The van der Waals surface area contributed by atoms with Gasteiger partial charge < -0.3 is 29.5 Å². The summed E-state index contributed by atoms with van der Waals surface area (Å²) < 4.78 is 16.4. The first kappa shape index (κ1) is 21.0. The van der Waals surface area contributed by atoms with Gasteiger partial charge in [-0.15, -0.1) is 0 Å². The minimum absolute atomic E-state index is 0.301. The van der Waals surface area contributed by atoms with Crippen molar-refractivity contribution in [2.24, 2.45) is 0 Å². The van der Waals surface area contributed by atoms with Gasteiger partial charge in [0.1, 0.15) is 18.3 Å². The van der Waals surface area contributed by atoms with E-state index >= 15 is 0 Å². The van der Waals surface area contributed by atoms with E-state index < -0.39 is 51.4 Å². The first-order valence-corrected chi connectivity index (χ1v) is 12.4. The molecule has 0 aromatic heterocycles. The number of esters is 1.